The number of phenols is 1. The van der Waals surface area contributed by atoms with Crippen molar-refractivity contribution in [3.8, 4) is 17.0 Å². The zero-order valence-corrected chi connectivity index (χ0v) is 19.7. The Morgan fingerprint density at radius 1 is 0.939 bits per heavy atom. The van der Waals surface area contributed by atoms with Crippen molar-refractivity contribution in [3.05, 3.63) is 35.2 Å². The van der Waals surface area contributed by atoms with E-state index >= 15 is 0 Å². The number of nitrogens with zero attached hydrogens (tertiary/aromatic N) is 2. The fraction of sp³-hybridized carbons (Fsp3) is 0.607. The molecule has 2 aromatic rings. The number of phenolic OH excluding ortho intramolecular Hbond substituents is 1. The lowest BCUT2D eigenvalue weighted by atomic mass is 9.85. The zero-order valence-electron chi connectivity index (χ0n) is 19.7. The van der Waals surface area contributed by atoms with Crippen LogP contribution in [-0.2, 0) is 24.1 Å². The summed E-state index contributed by atoms with van der Waals surface area (Å²) < 4.78 is 0. The SMILES string of the molecule is O=C(CC1CCCCC1)Nc1nc2c(nc1CCC1CCCCC1)-c1ccc(O)cc1CC2. The molecule has 2 fully saturated rings. The maximum atomic E-state index is 12.9. The van der Waals surface area contributed by atoms with E-state index in [0.717, 1.165) is 59.8 Å². The second kappa shape index (κ2) is 10.2. The Hall–Kier alpha value is -2.43. The van der Waals surface area contributed by atoms with Crippen LogP contribution in [0, 0.1) is 11.8 Å². The first-order valence-electron chi connectivity index (χ1n) is 13.2. The Balaban J connectivity index is 1.39. The number of anilines is 1. The van der Waals surface area contributed by atoms with Gasteiger partial charge in [-0.3, -0.25) is 4.79 Å². The van der Waals surface area contributed by atoms with E-state index in [0.29, 0.717) is 23.9 Å². The molecule has 3 aliphatic carbocycles. The lowest BCUT2D eigenvalue weighted by Gasteiger charge is -2.24. The molecule has 176 valence electrons. The quantitative estimate of drug-likeness (QED) is 0.539. The number of carbonyl (C=O) groups is 1. The van der Waals surface area contributed by atoms with Gasteiger partial charge in [-0.1, -0.05) is 51.4 Å². The number of aromatic nitrogens is 2. The van der Waals surface area contributed by atoms with Gasteiger partial charge in [-0.25, -0.2) is 9.97 Å². The lowest BCUT2D eigenvalue weighted by molar-refractivity contribution is -0.117. The van der Waals surface area contributed by atoms with Gasteiger partial charge in [0, 0.05) is 12.0 Å². The molecule has 5 heteroatoms. The lowest BCUT2D eigenvalue weighted by Crippen LogP contribution is -2.22. The molecule has 0 radical (unpaired) electrons. The van der Waals surface area contributed by atoms with E-state index in [9.17, 15) is 9.90 Å². The first-order valence-corrected chi connectivity index (χ1v) is 13.2. The minimum atomic E-state index is 0.0937. The Morgan fingerprint density at radius 2 is 1.67 bits per heavy atom. The number of benzene rings is 1. The topological polar surface area (TPSA) is 75.1 Å². The summed E-state index contributed by atoms with van der Waals surface area (Å²) in [5.74, 6) is 2.35. The summed E-state index contributed by atoms with van der Waals surface area (Å²) in [5.41, 5.74) is 5.02. The molecule has 0 spiro atoms. The fourth-order valence-corrected chi connectivity index (χ4v) is 6.09. The molecule has 3 aliphatic rings. The normalized spacial score (nSPS) is 19.0. The van der Waals surface area contributed by atoms with Crippen molar-refractivity contribution < 1.29 is 9.90 Å². The van der Waals surface area contributed by atoms with Gasteiger partial charge in [0.2, 0.25) is 5.91 Å². The van der Waals surface area contributed by atoms with Gasteiger partial charge in [0.05, 0.1) is 17.1 Å². The van der Waals surface area contributed by atoms with E-state index in [-0.39, 0.29) is 5.91 Å². The van der Waals surface area contributed by atoms with Crippen LogP contribution in [0.5, 0.6) is 5.75 Å². The summed E-state index contributed by atoms with van der Waals surface area (Å²) >= 11 is 0. The summed E-state index contributed by atoms with van der Waals surface area (Å²) in [6.07, 6.45) is 17.0. The first kappa shape index (κ1) is 22.4. The predicted octanol–water partition coefficient (Wildman–Crippen LogP) is 6.37. The summed E-state index contributed by atoms with van der Waals surface area (Å²) in [6.45, 7) is 0. The molecule has 1 aromatic heterocycles. The molecule has 5 rings (SSSR count). The summed E-state index contributed by atoms with van der Waals surface area (Å²) in [6, 6.07) is 5.54. The van der Waals surface area contributed by atoms with Crippen LogP contribution in [0.1, 0.15) is 94.0 Å². The van der Waals surface area contributed by atoms with Gasteiger partial charge >= 0.3 is 0 Å². The van der Waals surface area contributed by atoms with Crippen molar-refractivity contribution in [1.82, 2.24) is 9.97 Å². The number of fused-ring (bicyclic) bond motifs is 3. The summed E-state index contributed by atoms with van der Waals surface area (Å²) in [7, 11) is 0. The molecule has 0 saturated heterocycles. The van der Waals surface area contributed by atoms with E-state index in [2.05, 4.69) is 5.32 Å². The molecule has 0 aliphatic heterocycles. The average molecular weight is 448 g/mol. The largest absolute Gasteiger partial charge is 0.508 e. The van der Waals surface area contributed by atoms with E-state index in [4.69, 9.17) is 9.97 Å². The monoisotopic (exact) mass is 447 g/mol. The molecular weight excluding hydrogens is 410 g/mol. The summed E-state index contributed by atoms with van der Waals surface area (Å²) in [4.78, 5) is 23.0. The van der Waals surface area contributed by atoms with Crippen molar-refractivity contribution in [2.75, 3.05) is 5.32 Å². The first-order chi connectivity index (χ1) is 16.2. The molecular formula is C28H37N3O2. The Morgan fingerprint density at radius 3 is 2.42 bits per heavy atom. The smallest absolute Gasteiger partial charge is 0.225 e. The van der Waals surface area contributed by atoms with Crippen LogP contribution in [-0.4, -0.2) is 21.0 Å². The second-order valence-electron chi connectivity index (χ2n) is 10.5. The van der Waals surface area contributed by atoms with Crippen LogP contribution in [0.25, 0.3) is 11.3 Å². The maximum Gasteiger partial charge on any atom is 0.225 e. The maximum absolute atomic E-state index is 12.9. The highest BCUT2D eigenvalue weighted by atomic mass is 16.3. The van der Waals surface area contributed by atoms with Crippen LogP contribution in [0.2, 0.25) is 0 Å². The van der Waals surface area contributed by atoms with Crippen molar-refractivity contribution in [1.29, 1.82) is 0 Å². The summed E-state index contributed by atoms with van der Waals surface area (Å²) in [5, 5.41) is 13.1. The van der Waals surface area contributed by atoms with Gasteiger partial charge in [0.1, 0.15) is 5.75 Å². The number of aryl methyl sites for hydroxylation is 3. The molecule has 2 saturated carbocycles. The average Bonchev–Trinajstić information content (AvgIpc) is 2.83. The Kier molecular flexibility index (Phi) is 6.93. The molecule has 5 nitrogen and oxygen atoms in total. The number of carbonyl (C=O) groups excluding carboxylic acids is 1. The standard InChI is InChI=1S/C28H37N3O2/c32-22-13-14-23-21(18-22)12-16-24-27(23)29-25(15-11-19-7-3-1-4-8-19)28(30-24)31-26(33)17-20-9-5-2-6-10-20/h13-14,18-20,32H,1-12,15-17H2,(H,30,31,33). The van der Waals surface area contributed by atoms with Crippen LogP contribution in [0.4, 0.5) is 5.82 Å². The molecule has 1 amide bonds. The van der Waals surface area contributed by atoms with Crippen LogP contribution in [0.15, 0.2) is 18.2 Å². The third kappa shape index (κ3) is 5.39. The highest BCUT2D eigenvalue weighted by Crippen LogP contribution is 2.36. The van der Waals surface area contributed by atoms with Crippen molar-refractivity contribution in [2.45, 2.75) is 96.3 Å². The number of hydrogen-bond donors (Lipinski definition) is 2. The minimum Gasteiger partial charge on any atom is -0.508 e. The third-order valence-electron chi connectivity index (χ3n) is 7.99. The molecule has 1 heterocycles. The number of nitrogens with one attached hydrogen (secondary N) is 1. The van der Waals surface area contributed by atoms with Crippen LogP contribution < -0.4 is 5.32 Å². The number of hydrogen-bond acceptors (Lipinski definition) is 4. The van der Waals surface area contributed by atoms with Crippen LogP contribution in [0.3, 0.4) is 0 Å². The molecule has 33 heavy (non-hydrogen) atoms. The molecule has 0 atom stereocenters. The number of aromatic hydroxyl groups is 1. The highest BCUT2D eigenvalue weighted by Gasteiger charge is 2.24. The second-order valence-corrected chi connectivity index (χ2v) is 10.5. The van der Waals surface area contributed by atoms with Crippen molar-refractivity contribution >= 4 is 11.7 Å². The Bertz CT molecular complexity index is 991. The minimum absolute atomic E-state index is 0.0937. The van der Waals surface area contributed by atoms with E-state index in [1.54, 1.807) is 6.07 Å². The van der Waals surface area contributed by atoms with E-state index in [1.807, 2.05) is 12.1 Å². The fourth-order valence-electron chi connectivity index (χ4n) is 6.09. The van der Waals surface area contributed by atoms with Crippen LogP contribution >= 0.6 is 0 Å². The molecule has 0 unspecified atom stereocenters. The number of rotatable bonds is 6. The highest BCUT2D eigenvalue weighted by molar-refractivity contribution is 5.90. The van der Waals surface area contributed by atoms with Gasteiger partial charge in [0.15, 0.2) is 5.82 Å². The van der Waals surface area contributed by atoms with Gasteiger partial charge < -0.3 is 10.4 Å². The van der Waals surface area contributed by atoms with Gasteiger partial charge in [0.25, 0.3) is 0 Å². The molecule has 2 N–H and O–H groups in total. The number of amides is 1. The van der Waals surface area contributed by atoms with Crippen molar-refractivity contribution in [2.24, 2.45) is 11.8 Å². The zero-order chi connectivity index (χ0) is 22.6. The van der Waals surface area contributed by atoms with E-state index in [1.165, 1.54) is 64.2 Å². The predicted molar refractivity (Wildman–Crippen MR) is 131 cm³/mol. The molecule has 0 bridgehead atoms. The van der Waals surface area contributed by atoms with Crippen molar-refractivity contribution in [3.63, 3.8) is 0 Å². The molecule has 1 aromatic carbocycles. The van der Waals surface area contributed by atoms with Gasteiger partial charge in [-0.05, 0) is 74.1 Å². The Labute approximate surface area is 197 Å². The van der Waals surface area contributed by atoms with Gasteiger partial charge in [-0.15, -0.1) is 0 Å². The van der Waals surface area contributed by atoms with Gasteiger partial charge in [-0.2, -0.15) is 0 Å². The third-order valence-corrected chi connectivity index (χ3v) is 7.99. The van der Waals surface area contributed by atoms with E-state index < -0.39 is 0 Å².